The molecule has 110 valence electrons. The minimum absolute atomic E-state index is 0.405. The largest absolute Gasteiger partial charge is 0.321 e. The normalized spacial score (nSPS) is 11.0. The predicted octanol–water partition coefficient (Wildman–Crippen LogP) is 3.61. The standard InChI is InChI=1S/C14H10Cl2N6/c15-12-7-6-10(8-13(12)16)9-17-22-14(19-20-21-22)18-11-4-2-1-3-5-11/h1-9H,(H,18,19,21). The highest BCUT2D eigenvalue weighted by Crippen LogP contribution is 2.21. The lowest BCUT2D eigenvalue weighted by Gasteiger charge is -2.02. The monoisotopic (exact) mass is 332 g/mol. The van der Waals surface area contributed by atoms with Crippen molar-refractivity contribution >= 4 is 41.1 Å². The third-order valence-corrected chi connectivity index (χ3v) is 3.48. The molecule has 0 fully saturated rings. The van der Waals surface area contributed by atoms with Crippen LogP contribution >= 0.6 is 23.2 Å². The topological polar surface area (TPSA) is 68.0 Å². The molecule has 0 atom stereocenters. The van der Waals surface area contributed by atoms with Crippen LogP contribution in [0.3, 0.4) is 0 Å². The second kappa shape index (κ2) is 6.55. The Balaban J connectivity index is 1.80. The van der Waals surface area contributed by atoms with E-state index in [9.17, 15) is 0 Å². The smallest absolute Gasteiger partial charge is 0.269 e. The number of tetrazole rings is 1. The summed E-state index contributed by atoms with van der Waals surface area (Å²) in [6.45, 7) is 0. The van der Waals surface area contributed by atoms with Gasteiger partial charge in [0.25, 0.3) is 5.95 Å². The quantitative estimate of drug-likeness (QED) is 0.741. The van der Waals surface area contributed by atoms with E-state index >= 15 is 0 Å². The molecular formula is C14H10Cl2N6. The molecule has 0 bridgehead atoms. The number of hydrogen-bond donors (Lipinski definition) is 1. The lowest BCUT2D eigenvalue weighted by Crippen LogP contribution is -2.01. The van der Waals surface area contributed by atoms with Crippen molar-refractivity contribution in [3.8, 4) is 0 Å². The zero-order chi connectivity index (χ0) is 15.4. The molecule has 3 rings (SSSR count). The van der Waals surface area contributed by atoms with Crippen molar-refractivity contribution < 1.29 is 0 Å². The molecular weight excluding hydrogens is 323 g/mol. The molecule has 0 spiro atoms. The third kappa shape index (κ3) is 3.41. The number of aromatic nitrogens is 4. The van der Waals surface area contributed by atoms with Gasteiger partial charge < -0.3 is 5.32 Å². The fourth-order valence-corrected chi connectivity index (χ4v) is 2.01. The molecule has 2 aromatic carbocycles. The van der Waals surface area contributed by atoms with Gasteiger partial charge in [0.1, 0.15) is 0 Å². The van der Waals surface area contributed by atoms with E-state index in [1.807, 2.05) is 30.3 Å². The van der Waals surface area contributed by atoms with Crippen molar-refractivity contribution in [2.45, 2.75) is 0 Å². The minimum atomic E-state index is 0.405. The van der Waals surface area contributed by atoms with Crippen molar-refractivity contribution in [1.29, 1.82) is 0 Å². The number of para-hydroxylation sites is 1. The zero-order valence-corrected chi connectivity index (χ0v) is 12.7. The fraction of sp³-hybridized carbons (Fsp3) is 0. The summed E-state index contributed by atoms with van der Waals surface area (Å²) in [5.41, 5.74) is 1.65. The number of rotatable bonds is 4. The van der Waals surface area contributed by atoms with Crippen LogP contribution in [0.25, 0.3) is 0 Å². The van der Waals surface area contributed by atoms with Gasteiger partial charge in [-0.2, -0.15) is 5.10 Å². The van der Waals surface area contributed by atoms with Crippen molar-refractivity contribution in [2.75, 3.05) is 5.32 Å². The second-order valence-electron chi connectivity index (χ2n) is 4.30. The van der Waals surface area contributed by atoms with Gasteiger partial charge in [-0.3, -0.25) is 0 Å². The Morgan fingerprint density at radius 2 is 1.86 bits per heavy atom. The van der Waals surface area contributed by atoms with Gasteiger partial charge >= 0.3 is 0 Å². The predicted molar refractivity (Wildman–Crippen MR) is 87.0 cm³/mol. The Bertz CT molecular complexity index is 800. The van der Waals surface area contributed by atoms with Crippen molar-refractivity contribution in [3.05, 3.63) is 64.1 Å². The Kier molecular flexibility index (Phi) is 4.32. The van der Waals surface area contributed by atoms with E-state index < -0.39 is 0 Å². The molecule has 0 radical (unpaired) electrons. The molecule has 8 heteroatoms. The highest BCUT2D eigenvalue weighted by Gasteiger charge is 2.04. The van der Waals surface area contributed by atoms with Crippen molar-refractivity contribution in [2.24, 2.45) is 5.10 Å². The molecule has 0 aliphatic carbocycles. The van der Waals surface area contributed by atoms with Gasteiger partial charge in [-0.1, -0.05) is 57.4 Å². The van der Waals surface area contributed by atoms with Crippen LogP contribution in [0.5, 0.6) is 0 Å². The Morgan fingerprint density at radius 1 is 1.05 bits per heavy atom. The van der Waals surface area contributed by atoms with Gasteiger partial charge in [0.15, 0.2) is 0 Å². The Hall–Kier alpha value is -2.44. The average molecular weight is 333 g/mol. The van der Waals surface area contributed by atoms with Gasteiger partial charge in [0.05, 0.1) is 16.3 Å². The number of anilines is 2. The van der Waals surface area contributed by atoms with Crippen molar-refractivity contribution in [3.63, 3.8) is 0 Å². The molecule has 1 aromatic heterocycles. The number of nitrogens with one attached hydrogen (secondary N) is 1. The molecule has 22 heavy (non-hydrogen) atoms. The van der Waals surface area contributed by atoms with Gasteiger partial charge in [0, 0.05) is 5.69 Å². The molecule has 0 aliphatic heterocycles. The Morgan fingerprint density at radius 3 is 2.64 bits per heavy atom. The molecule has 0 unspecified atom stereocenters. The van der Waals surface area contributed by atoms with Crippen LogP contribution < -0.4 is 5.32 Å². The van der Waals surface area contributed by atoms with Crippen LogP contribution in [0, 0.1) is 0 Å². The summed E-state index contributed by atoms with van der Waals surface area (Å²) in [6, 6.07) is 14.8. The SMILES string of the molecule is Clc1ccc(C=Nn2nnnc2Nc2ccccc2)cc1Cl. The summed E-state index contributed by atoms with van der Waals surface area (Å²) in [5, 5.41) is 19.5. The summed E-state index contributed by atoms with van der Waals surface area (Å²) in [5.74, 6) is 0.405. The first-order valence-corrected chi connectivity index (χ1v) is 7.08. The molecule has 0 aliphatic rings. The van der Waals surface area contributed by atoms with E-state index in [-0.39, 0.29) is 0 Å². The van der Waals surface area contributed by atoms with Crippen LogP contribution in [-0.4, -0.2) is 26.5 Å². The van der Waals surface area contributed by atoms with Crippen LogP contribution in [0.15, 0.2) is 53.6 Å². The maximum atomic E-state index is 5.96. The average Bonchev–Trinajstić information content (AvgIpc) is 2.97. The van der Waals surface area contributed by atoms with E-state index in [2.05, 4.69) is 25.9 Å². The first-order valence-electron chi connectivity index (χ1n) is 6.32. The summed E-state index contributed by atoms with van der Waals surface area (Å²) in [4.78, 5) is 1.29. The second-order valence-corrected chi connectivity index (χ2v) is 5.12. The van der Waals surface area contributed by atoms with E-state index in [0.29, 0.717) is 16.0 Å². The molecule has 0 amide bonds. The fourth-order valence-electron chi connectivity index (χ4n) is 1.70. The highest BCUT2D eigenvalue weighted by molar-refractivity contribution is 6.42. The summed E-state index contributed by atoms with van der Waals surface area (Å²) >= 11 is 11.8. The first kappa shape index (κ1) is 14.5. The van der Waals surface area contributed by atoms with E-state index in [1.54, 1.807) is 24.4 Å². The molecule has 1 N–H and O–H groups in total. The third-order valence-electron chi connectivity index (χ3n) is 2.74. The molecule has 6 nitrogen and oxygen atoms in total. The van der Waals surface area contributed by atoms with E-state index in [4.69, 9.17) is 23.2 Å². The van der Waals surface area contributed by atoms with Crippen LogP contribution in [0.1, 0.15) is 5.56 Å². The number of nitrogens with zero attached hydrogens (tertiary/aromatic N) is 5. The molecule has 1 heterocycles. The van der Waals surface area contributed by atoms with Gasteiger partial charge in [0.2, 0.25) is 0 Å². The minimum Gasteiger partial charge on any atom is -0.321 e. The highest BCUT2D eigenvalue weighted by atomic mass is 35.5. The molecule has 0 saturated heterocycles. The summed E-state index contributed by atoms with van der Waals surface area (Å²) < 4.78 is 0. The summed E-state index contributed by atoms with van der Waals surface area (Å²) in [7, 11) is 0. The van der Waals surface area contributed by atoms with Crippen LogP contribution in [0.4, 0.5) is 11.6 Å². The summed E-state index contributed by atoms with van der Waals surface area (Å²) in [6.07, 6.45) is 1.59. The number of halogens is 2. The zero-order valence-electron chi connectivity index (χ0n) is 11.2. The van der Waals surface area contributed by atoms with E-state index in [1.165, 1.54) is 4.79 Å². The lowest BCUT2D eigenvalue weighted by atomic mass is 10.2. The number of hydrogen-bond acceptors (Lipinski definition) is 5. The Labute approximate surface area is 136 Å². The van der Waals surface area contributed by atoms with Gasteiger partial charge in [-0.05, 0) is 40.3 Å². The van der Waals surface area contributed by atoms with Gasteiger partial charge in [-0.15, -0.1) is 0 Å². The van der Waals surface area contributed by atoms with E-state index in [0.717, 1.165) is 11.3 Å². The first-order chi connectivity index (χ1) is 10.7. The molecule has 0 saturated carbocycles. The maximum Gasteiger partial charge on any atom is 0.269 e. The molecule has 3 aromatic rings. The maximum absolute atomic E-state index is 5.96. The van der Waals surface area contributed by atoms with Gasteiger partial charge in [-0.25, -0.2) is 0 Å². The lowest BCUT2D eigenvalue weighted by molar-refractivity contribution is 0.699. The van der Waals surface area contributed by atoms with Crippen LogP contribution in [0.2, 0.25) is 10.0 Å². The van der Waals surface area contributed by atoms with Crippen molar-refractivity contribution in [1.82, 2.24) is 20.3 Å². The number of benzene rings is 2. The van der Waals surface area contributed by atoms with Crippen LogP contribution in [-0.2, 0) is 0 Å².